The molecule has 1 unspecified atom stereocenters. The minimum atomic E-state index is -3.44. The first kappa shape index (κ1) is 17.5. The van der Waals surface area contributed by atoms with Crippen molar-refractivity contribution in [2.75, 3.05) is 37.7 Å². The molecule has 0 bridgehead atoms. The van der Waals surface area contributed by atoms with E-state index in [4.69, 9.17) is 9.15 Å². The Labute approximate surface area is 153 Å². The van der Waals surface area contributed by atoms with Gasteiger partial charge >= 0.3 is 0 Å². The summed E-state index contributed by atoms with van der Waals surface area (Å²) in [5.74, 6) is 1.54. The highest BCUT2D eigenvalue weighted by Crippen LogP contribution is 2.26. The lowest BCUT2D eigenvalue weighted by Crippen LogP contribution is -2.39. The highest BCUT2D eigenvalue weighted by molar-refractivity contribution is 7.89. The molecule has 0 N–H and O–H groups in total. The van der Waals surface area contributed by atoms with Gasteiger partial charge in [-0.1, -0.05) is 6.42 Å². The number of piperidine rings is 1. The van der Waals surface area contributed by atoms with Gasteiger partial charge < -0.3 is 14.1 Å². The van der Waals surface area contributed by atoms with E-state index in [1.165, 1.54) is 6.20 Å². The van der Waals surface area contributed by atoms with E-state index in [0.717, 1.165) is 30.8 Å². The van der Waals surface area contributed by atoms with Gasteiger partial charge in [-0.2, -0.15) is 4.31 Å². The van der Waals surface area contributed by atoms with Crippen LogP contribution < -0.4 is 4.90 Å². The van der Waals surface area contributed by atoms with Gasteiger partial charge in [0.2, 0.25) is 10.0 Å². The first-order valence-corrected chi connectivity index (χ1v) is 10.4. The molecule has 2 aromatic heterocycles. The lowest BCUT2D eigenvalue weighted by molar-refractivity contribution is 0.0255. The maximum Gasteiger partial charge on any atom is 0.244 e. The topological polar surface area (TPSA) is 75.9 Å². The molecule has 2 fully saturated rings. The van der Waals surface area contributed by atoms with Gasteiger partial charge in [-0.3, -0.25) is 0 Å². The molecule has 0 aliphatic carbocycles. The number of ether oxygens (including phenoxy) is 1. The fraction of sp³-hybridized carbons (Fsp3) is 0.500. The van der Waals surface area contributed by atoms with Crippen molar-refractivity contribution >= 4 is 15.8 Å². The lowest BCUT2D eigenvalue weighted by Gasteiger charge is -2.33. The van der Waals surface area contributed by atoms with E-state index in [0.29, 0.717) is 32.8 Å². The van der Waals surface area contributed by atoms with Crippen molar-refractivity contribution in [3.8, 4) is 0 Å². The van der Waals surface area contributed by atoms with Gasteiger partial charge in [0.25, 0.3) is 0 Å². The average molecular weight is 377 g/mol. The first-order valence-electron chi connectivity index (χ1n) is 9.01. The Kier molecular flexibility index (Phi) is 4.97. The second-order valence-corrected chi connectivity index (χ2v) is 8.58. The van der Waals surface area contributed by atoms with Gasteiger partial charge in [0, 0.05) is 25.8 Å². The molecule has 0 spiro atoms. The largest absolute Gasteiger partial charge is 0.467 e. The van der Waals surface area contributed by atoms with Crippen molar-refractivity contribution < 1.29 is 17.6 Å². The molecule has 1 atom stereocenters. The molecular weight excluding hydrogens is 354 g/mol. The van der Waals surface area contributed by atoms with Gasteiger partial charge in [-0.25, -0.2) is 13.4 Å². The average Bonchev–Trinajstić information content (AvgIpc) is 3.24. The van der Waals surface area contributed by atoms with Gasteiger partial charge in [0.15, 0.2) is 0 Å². The van der Waals surface area contributed by atoms with E-state index in [-0.39, 0.29) is 11.0 Å². The van der Waals surface area contributed by atoms with Crippen LogP contribution in [0.4, 0.5) is 5.82 Å². The zero-order chi connectivity index (χ0) is 18.0. The summed E-state index contributed by atoms with van der Waals surface area (Å²) in [6.45, 7) is 3.10. The van der Waals surface area contributed by atoms with Crippen LogP contribution in [0.15, 0.2) is 46.0 Å². The zero-order valence-electron chi connectivity index (χ0n) is 14.6. The van der Waals surface area contributed by atoms with Crippen molar-refractivity contribution in [2.24, 2.45) is 0 Å². The fourth-order valence-electron chi connectivity index (χ4n) is 3.47. The molecule has 2 saturated heterocycles. The molecule has 0 saturated carbocycles. The minimum absolute atomic E-state index is 0.141. The number of aromatic nitrogens is 1. The molecule has 4 rings (SSSR count). The second kappa shape index (κ2) is 7.38. The highest BCUT2D eigenvalue weighted by atomic mass is 32.2. The van der Waals surface area contributed by atoms with Crippen LogP contribution in [0.1, 0.15) is 31.1 Å². The number of furan rings is 1. The normalized spacial score (nSPS) is 22.5. The van der Waals surface area contributed by atoms with Crippen LogP contribution >= 0.6 is 0 Å². The van der Waals surface area contributed by atoms with Crippen LogP contribution in [-0.2, 0) is 14.8 Å². The molecule has 0 aromatic carbocycles. The Bertz CT molecular complexity index is 815. The Morgan fingerprint density at radius 3 is 2.62 bits per heavy atom. The molecule has 2 aliphatic rings. The number of nitrogens with zero attached hydrogens (tertiary/aromatic N) is 3. The summed E-state index contributed by atoms with van der Waals surface area (Å²) in [6.07, 6.45) is 5.90. The van der Waals surface area contributed by atoms with Crippen LogP contribution in [0.25, 0.3) is 0 Å². The second-order valence-electron chi connectivity index (χ2n) is 6.64. The lowest BCUT2D eigenvalue weighted by atomic mass is 10.2. The number of hydrogen-bond acceptors (Lipinski definition) is 6. The summed E-state index contributed by atoms with van der Waals surface area (Å²) >= 11 is 0. The van der Waals surface area contributed by atoms with Crippen molar-refractivity contribution in [3.63, 3.8) is 0 Å². The van der Waals surface area contributed by atoms with E-state index in [1.54, 1.807) is 22.7 Å². The number of rotatable bonds is 4. The number of anilines is 1. The summed E-state index contributed by atoms with van der Waals surface area (Å²) in [5.41, 5.74) is 0. The SMILES string of the molecule is O=S(=O)(c1ccc(N2CCOC(c3ccco3)C2)nc1)N1CCCCC1. The number of sulfonamides is 1. The molecule has 140 valence electrons. The van der Waals surface area contributed by atoms with Crippen LogP contribution in [0, 0.1) is 0 Å². The summed E-state index contributed by atoms with van der Waals surface area (Å²) in [5, 5.41) is 0. The molecule has 0 radical (unpaired) electrons. The third-order valence-electron chi connectivity index (χ3n) is 4.92. The van der Waals surface area contributed by atoms with E-state index in [1.807, 2.05) is 12.1 Å². The molecule has 0 amide bonds. The summed E-state index contributed by atoms with van der Waals surface area (Å²) in [6, 6.07) is 7.18. The number of morpholine rings is 1. The highest BCUT2D eigenvalue weighted by Gasteiger charge is 2.28. The Balaban J connectivity index is 1.48. The van der Waals surface area contributed by atoms with Crippen LogP contribution in [0.2, 0.25) is 0 Å². The fourth-order valence-corrected chi connectivity index (χ4v) is 4.93. The van der Waals surface area contributed by atoms with Gasteiger partial charge in [0.1, 0.15) is 22.6 Å². The summed E-state index contributed by atoms with van der Waals surface area (Å²) in [7, 11) is -3.44. The van der Waals surface area contributed by atoms with Crippen molar-refractivity contribution in [1.29, 1.82) is 0 Å². The molecular formula is C18H23N3O4S. The van der Waals surface area contributed by atoms with E-state index >= 15 is 0 Å². The molecule has 2 aliphatic heterocycles. The predicted octanol–water partition coefficient (Wildman–Crippen LogP) is 2.43. The quantitative estimate of drug-likeness (QED) is 0.815. The molecule has 26 heavy (non-hydrogen) atoms. The molecule has 7 nitrogen and oxygen atoms in total. The third-order valence-corrected chi connectivity index (χ3v) is 6.81. The minimum Gasteiger partial charge on any atom is -0.467 e. The van der Waals surface area contributed by atoms with E-state index in [2.05, 4.69) is 9.88 Å². The van der Waals surface area contributed by atoms with Crippen molar-refractivity contribution in [3.05, 3.63) is 42.5 Å². The van der Waals surface area contributed by atoms with E-state index in [9.17, 15) is 8.42 Å². The number of pyridine rings is 1. The zero-order valence-corrected chi connectivity index (χ0v) is 15.4. The summed E-state index contributed by atoms with van der Waals surface area (Å²) < 4.78 is 38.2. The third kappa shape index (κ3) is 3.49. The molecule has 4 heterocycles. The van der Waals surface area contributed by atoms with Crippen LogP contribution in [0.5, 0.6) is 0 Å². The summed E-state index contributed by atoms with van der Waals surface area (Å²) in [4.78, 5) is 6.77. The number of hydrogen-bond donors (Lipinski definition) is 0. The van der Waals surface area contributed by atoms with Crippen molar-refractivity contribution in [1.82, 2.24) is 9.29 Å². The smallest absolute Gasteiger partial charge is 0.244 e. The molecule has 2 aromatic rings. The first-order chi connectivity index (χ1) is 12.6. The van der Waals surface area contributed by atoms with Crippen LogP contribution in [-0.4, -0.2) is 50.5 Å². The van der Waals surface area contributed by atoms with Gasteiger partial charge in [0.05, 0.1) is 19.4 Å². The predicted molar refractivity (Wildman–Crippen MR) is 96.5 cm³/mol. The Hall–Kier alpha value is -1.90. The maximum absolute atomic E-state index is 12.7. The Morgan fingerprint density at radius 1 is 1.08 bits per heavy atom. The monoisotopic (exact) mass is 377 g/mol. The maximum atomic E-state index is 12.7. The van der Waals surface area contributed by atoms with Crippen molar-refractivity contribution in [2.45, 2.75) is 30.3 Å². The van der Waals surface area contributed by atoms with Crippen LogP contribution in [0.3, 0.4) is 0 Å². The Morgan fingerprint density at radius 2 is 1.92 bits per heavy atom. The van der Waals surface area contributed by atoms with E-state index < -0.39 is 10.0 Å². The standard InChI is InChI=1S/C18H23N3O4S/c22-26(23,21-8-2-1-3-9-21)15-6-7-18(19-13-15)20-10-12-25-17(14-20)16-5-4-11-24-16/h4-7,11,13,17H,1-3,8-10,12,14H2. The van der Waals surface area contributed by atoms with Gasteiger partial charge in [-0.15, -0.1) is 0 Å². The molecule has 8 heteroatoms. The van der Waals surface area contributed by atoms with Gasteiger partial charge in [-0.05, 0) is 37.1 Å².